The van der Waals surface area contributed by atoms with E-state index in [4.69, 9.17) is 5.73 Å². The molecular weight excluding hydrogens is 286 g/mol. The van der Waals surface area contributed by atoms with Crippen LogP contribution < -0.4 is 5.73 Å². The smallest absolute Gasteiger partial charge is 0.187 e. The Bertz CT molecular complexity index is 397. The van der Waals surface area contributed by atoms with Gasteiger partial charge in [0.15, 0.2) is 9.84 Å². The highest BCUT2D eigenvalue weighted by Gasteiger charge is 2.16. The van der Waals surface area contributed by atoms with Crippen LogP contribution in [0, 0.1) is 0 Å². The van der Waals surface area contributed by atoms with Crippen molar-refractivity contribution in [3.63, 3.8) is 0 Å². The van der Waals surface area contributed by atoms with Crippen LogP contribution in [0.25, 0.3) is 0 Å². The van der Waals surface area contributed by atoms with E-state index in [2.05, 4.69) is 15.9 Å². The van der Waals surface area contributed by atoms with E-state index >= 15 is 0 Å². The Hall–Kier alpha value is 0.0900. The molecule has 3 nitrogen and oxygen atoms in total. The predicted octanol–water partition coefficient (Wildman–Crippen LogP) is 2.02. The lowest BCUT2D eigenvalue weighted by atomic mass is 10.3. The molecule has 0 aromatic carbocycles. The third kappa shape index (κ3) is 3.34. The van der Waals surface area contributed by atoms with Crippen molar-refractivity contribution in [2.75, 3.05) is 5.75 Å². The molecule has 2 N–H and O–H groups in total. The Morgan fingerprint density at radius 1 is 1.57 bits per heavy atom. The van der Waals surface area contributed by atoms with E-state index in [0.717, 1.165) is 3.79 Å². The first kappa shape index (κ1) is 12.2. The van der Waals surface area contributed by atoms with Gasteiger partial charge in [-0.05, 0) is 41.4 Å². The molecule has 1 aromatic heterocycles. The molecule has 0 fully saturated rings. The molecule has 0 aliphatic carbocycles. The fraction of sp³-hybridized carbons (Fsp3) is 0.500. The van der Waals surface area contributed by atoms with E-state index in [9.17, 15) is 8.42 Å². The van der Waals surface area contributed by atoms with E-state index in [1.54, 1.807) is 19.1 Å². The molecule has 80 valence electrons. The van der Waals surface area contributed by atoms with E-state index in [-0.39, 0.29) is 11.8 Å². The minimum atomic E-state index is -3.13. The zero-order valence-corrected chi connectivity index (χ0v) is 11.0. The summed E-state index contributed by atoms with van der Waals surface area (Å²) in [5, 5.41) is 0. The topological polar surface area (TPSA) is 60.2 Å². The van der Waals surface area contributed by atoms with Crippen LogP contribution in [0.15, 0.2) is 20.1 Å². The Morgan fingerprint density at radius 2 is 2.21 bits per heavy atom. The summed E-state index contributed by atoms with van der Waals surface area (Å²) in [5.41, 5.74) is 5.51. The molecule has 14 heavy (non-hydrogen) atoms. The molecule has 1 atom stereocenters. The number of halogens is 1. The van der Waals surface area contributed by atoms with Gasteiger partial charge in [-0.3, -0.25) is 0 Å². The molecule has 0 amide bonds. The van der Waals surface area contributed by atoms with E-state index in [1.807, 2.05) is 0 Å². The summed E-state index contributed by atoms with van der Waals surface area (Å²) in [5.74, 6) is 0.123. The molecular formula is C8H12BrNO2S2. The van der Waals surface area contributed by atoms with Gasteiger partial charge < -0.3 is 5.73 Å². The summed E-state index contributed by atoms with van der Waals surface area (Å²) in [6.45, 7) is 1.81. The van der Waals surface area contributed by atoms with Gasteiger partial charge in [-0.25, -0.2) is 8.42 Å². The third-order valence-corrected chi connectivity index (χ3v) is 5.65. The van der Waals surface area contributed by atoms with Crippen molar-refractivity contribution in [1.29, 1.82) is 0 Å². The first-order valence-electron chi connectivity index (χ1n) is 4.15. The number of rotatable bonds is 4. The molecule has 1 unspecified atom stereocenters. The zero-order valence-electron chi connectivity index (χ0n) is 7.73. The number of hydrogen-bond donors (Lipinski definition) is 1. The number of sulfone groups is 1. The van der Waals surface area contributed by atoms with Gasteiger partial charge in [-0.1, -0.05) is 0 Å². The van der Waals surface area contributed by atoms with Gasteiger partial charge in [0.1, 0.15) is 4.21 Å². The second kappa shape index (κ2) is 4.74. The summed E-state index contributed by atoms with van der Waals surface area (Å²) < 4.78 is 24.6. The van der Waals surface area contributed by atoms with Gasteiger partial charge >= 0.3 is 0 Å². The average molecular weight is 298 g/mol. The molecule has 6 heteroatoms. The van der Waals surface area contributed by atoms with Crippen molar-refractivity contribution >= 4 is 37.1 Å². The quantitative estimate of drug-likeness (QED) is 0.925. The van der Waals surface area contributed by atoms with Crippen molar-refractivity contribution in [3.05, 3.63) is 15.9 Å². The molecule has 0 aliphatic heterocycles. The maximum absolute atomic E-state index is 11.7. The first-order chi connectivity index (χ1) is 6.42. The normalized spacial score (nSPS) is 14.2. The third-order valence-electron chi connectivity index (χ3n) is 1.70. The van der Waals surface area contributed by atoms with E-state index in [1.165, 1.54) is 11.3 Å². The van der Waals surface area contributed by atoms with Crippen LogP contribution in [0.4, 0.5) is 0 Å². The van der Waals surface area contributed by atoms with Crippen LogP contribution in [0.3, 0.4) is 0 Å². The Labute approximate surface area is 96.4 Å². The minimum absolute atomic E-state index is 0.0758. The SMILES string of the molecule is CC(N)CCS(=O)(=O)c1ccc(Br)s1. The highest BCUT2D eigenvalue weighted by atomic mass is 79.9. The van der Waals surface area contributed by atoms with Gasteiger partial charge in [-0.15, -0.1) is 11.3 Å². The minimum Gasteiger partial charge on any atom is -0.328 e. The van der Waals surface area contributed by atoms with Crippen LogP contribution in [-0.2, 0) is 9.84 Å². The van der Waals surface area contributed by atoms with Crippen LogP contribution in [0.5, 0.6) is 0 Å². The molecule has 0 aliphatic rings. The molecule has 1 aromatic rings. The van der Waals surface area contributed by atoms with Crippen LogP contribution >= 0.6 is 27.3 Å². The monoisotopic (exact) mass is 297 g/mol. The van der Waals surface area contributed by atoms with Crippen molar-refractivity contribution in [1.82, 2.24) is 0 Å². The lowest BCUT2D eigenvalue weighted by molar-refractivity contribution is 0.589. The lowest BCUT2D eigenvalue weighted by Crippen LogP contribution is -2.19. The Kier molecular flexibility index (Phi) is 4.12. The summed E-state index contributed by atoms with van der Waals surface area (Å²) in [7, 11) is -3.13. The van der Waals surface area contributed by atoms with Gasteiger partial charge in [0, 0.05) is 6.04 Å². The van der Waals surface area contributed by atoms with Crippen molar-refractivity contribution in [2.24, 2.45) is 5.73 Å². The van der Waals surface area contributed by atoms with Crippen LogP contribution in [0.1, 0.15) is 13.3 Å². The highest BCUT2D eigenvalue weighted by Crippen LogP contribution is 2.27. The molecule has 0 spiro atoms. The molecule has 0 bridgehead atoms. The Balaban J connectivity index is 2.76. The molecule has 0 radical (unpaired) electrons. The Morgan fingerprint density at radius 3 is 2.64 bits per heavy atom. The van der Waals surface area contributed by atoms with E-state index < -0.39 is 9.84 Å². The number of hydrogen-bond acceptors (Lipinski definition) is 4. The van der Waals surface area contributed by atoms with E-state index in [0.29, 0.717) is 10.6 Å². The van der Waals surface area contributed by atoms with Crippen LogP contribution in [-0.4, -0.2) is 20.2 Å². The summed E-state index contributed by atoms with van der Waals surface area (Å²) >= 11 is 4.47. The summed E-state index contributed by atoms with van der Waals surface area (Å²) in [6, 6.07) is 3.28. The van der Waals surface area contributed by atoms with Gasteiger partial charge in [-0.2, -0.15) is 0 Å². The summed E-state index contributed by atoms with van der Waals surface area (Å²) in [6.07, 6.45) is 0.498. The van der Waals surface area contributed by atoms with Gasteiger partial charge in [0.05, 0.1) is 9.54 Å². The average Bonchev–Trinajstić information content (AvgIpc) is 2.49. The largest absolute Gasteiger partial charge is 0.328 e. The molecule has 1 heterocycles. The van der Waals surface area contributed by atoms with Crippen LogP contribution in [0.2, 0.25) is 0 Å². The van der Waals surface area contributed by atoms with Gasteiger partial charge in [0.2, 0.25) is 0 Å². The second-order valence-corrected chi connectivity index (χ2v) is 7.94. The lowest BCUT2D eigenvalue weighted by Gasteiger charge is -2.04. The maximum atomic E-state index is 11.7. The fourth-order valence-corrected chi connectivity index (χ4v) is 4.53. The van der Waals surface area contributed by atoms with Crippen molar-refractivity contribution in [2.45, 2.75) is 23.6 Å². The molecule has 0 saturated heterocycles. The fourth-order valence-electron chi connectivity index (χ4n) is 0.906. The highest BCUT2D eigenvalue weighted by molar-refractivity contribution is 9.11. The van der Waals surface area contributed by atoms with Gasteiger partial charge in [0.25, 0.3) is 0 Å². The van der Waals surface area contributed by atoms with Crippen molar-refractivity contribution < 1.29 is 8.42 Å². The molecule has 1 rings (SSSR count). The first-order valence-corrected chi connectivity index (χ1v) is 7.41. The second-order valence-electron chi connectivity index (χ2n) is 3.14. The number of thiophene rings is 1. The van der Waals surface area contributed by atoms with Crippen molar-refractivity contribution in [3.8, 4) is 0 Å². The standard InChI is InChI=1S/C8H12BrNO2S2/c1-6(10)4-5-14(11,12)8-3-2-7(9)13-8/h2-3,6H,4-5,10H2,1H3. The molecule has 0 saturated carbocycles. The summed E-state index contributed by atoms with van der Waals surface area (Å²) in [4.78, 5) is 0. The maximum Gasteiger partial charge on any atom is 0.187 e. The predicted molar refractivity (Wildman–Crippen MR) is 62.3 cm³/mol. The number of nitrogens with two attached hydrogens (primary N) is 1. The zero-order chi connectivity index (χ0) is 10.8.